The fraction of sp³-hybridized carbons (Fsp3) is 0.292. The normalized spacial score (nSPS) is 14.2. The Labute approximate surface area is 200 Å². The maximum atomic E-state index is 10.6. The van der Waals surface area contributed by atoms with Crippen molar-refractivity contribution in [3.8, 4) is 11.5 Å². The molecule has 0 bridgehead atoms. The summed E-state index contributed by atoms with van der Waals surface area (Å²) < 4.78 is 31.7. The van der Waals surface area contributed by atoms with Gasteiger partial charge in [-0.1, -0.05) is 29.8 Å². The van der Waals surface area contributed by atoms with Gasteiger partial charge in [0.1, 0.15) is 5.69 Å². The van der Waals surface area contributed by atoms with E-state index >= 15 is 0 Å². The summed E-state index contributed by atoms with van der Waals surface area (Å²) >= 11 is 6.00. The van der Waals surface area contributed by atoms with Crippen LogP contribution in [0.4, 0.5) is 13.2 Å². The number of carboxylic acids is 1. The fourth-order valence-corrected chi connectivity index (χ4v) is 3.55. The van der Waals surface area contributed by atoms with Gasteiger partial charge in [-0.2, -0.15) is 13.2 Å². The maximum absolute atomic E-state index is 10.6. The second-order valence-electron chi connectivity index (χ2n) is 7.88. The number of alkyl halides is 3. The summed E-state index contributed by atoms with van der Waals surface area (Å²) in [6.07, 6.45) is 0.187. The number of H-pyrrole nitrogens is 1. The topological polar surface area (TPSA) is 82.1 Å². The van der Waals surface area contributed by atoms with Gasteiger partial charge in [0, 0.05) is 36.5 Å². The third-order valence-electron chi connectivity index (χ3n) is 5.29. The Bertz CT molecular complexity index is 1150. The first-order chi connectivity index (χ1) is 16.0. The van der Waals surface area contributed by atoms with Gasteiger partial charge in [-0.05, 0) is 61.2 Å². The van der Waals surface area contributed by atoms with E-state index in [1.54, 1.807) is 0 Å². The van der Waals surface area contributed by atoms with Gasteiger partial charge in [0.25, 0.3) is 0 Å². The number of aryl methyl sites for hydroxylation is 2. The maximum Gasteiger partial charge on any atom is 0.490 e. The van der Waals surface area contributed by atoms with E-state index in [1.807, 2.05) is 32.2 Å². The molecule has 0 spiro atoms. The molecule has 1 aromatic carbocycles. The molecule has 10 heteroatoms. The van der Waals surface area contributed by atoms with Gasteiger partial charge in [-0.25, -0.2) is 9.78 Å². The molecular weight excluding hydrogens is 469 g/mol. The zero-order valence-corrected chi connectivity index (χ0v) is 19.4. The molecule has 0 amide bonds. The lowest BCUT2D eigenvalue weighted by molar-refractivity contribution is -0.192. The summed E-state index contributed by atoms with van der Waals surface area (Å²) in [7, 11) is 0. The Morgan fingerprint density at radius 2 is 1.88 bits per heavy atom. The Morgan fingerprint density at radius 1 is 1.21 bits per heavy atom. The van der Waals surface area contributed by atoms with Crippen molar-refractivity contribution in [3.63, 3.8) is 0 Å². The molecule has 34 heavy (non-hydrogen) atoms. The standard InChI is InChI=1S/C22H23ClN4.C2HF3O2/c1-15-16(2)26-22(25-15)21-12-18(9-10-24-21)19-4-3-11-27(14-19)13-17-5-7-20(23)8-6-17;3-2(4,5)1(6)7/h4-10,12H,3,11,13-14H2,1-2H3,(H,25,26);(H,6,7). The molecule has 0 radical (unpaired) electrons. The van der Waals surface area contributed by atoms with Crippen molar-refractivity contribution >= 4 is 23.1 Å². The van der Waals surface area contributed by atoms with Crippen molar-refractivity contribution in [2.75, 3.05) is 13.1 Å². The summed E-state index contributed by atoms with van der Waals surface area (Å²) in [6.45, 7) is 6.98. The zero-order chi connectivity index (χ0) is 24.9. The van der Waals surface area contributed by atoms with E-state index in [1.165, 1.54) is 16.7 Å². The van der Waals surface area contributed by atoms with Crippen molar-refractivity contribution in [1.29, 1.82) is 0 Å². The summed E-state index contributed by atoms with van der Waals surface area (Å²) in [5, 5.41) is 7.91. The van der Waals surface area contributed by atoms with Gasteiger partial charge in [0.05, 0.1) is 5.69 Å². The van der Waals surface area contributed by atoms with Crippen LogP contribution in [0.1, 0.15) is 28.9 Å². The second-order valence-corrected chi connectivity index (χ2v) is 8.32. The van der Waals surface area contributed by atoms with Crippen molar-refractivity contribution in [3.05, 3.63) is 76.2 Å². The van der Waals surface area contributed by atoms with E-state index in [9.17, 15) is 13.2 Å². The van der Waals surface area contributed by atoms with Crippen LogP contribution in [-0.4, -0.2) is 50.2 Å². The summed E-state index contributed by atoms with van der Waals surface area (Å²) in [4.78, 5) is 23.8. The number of halogens is 4. The number of pyridine rings is 1. The third kappa shape index (κ3) is 6.91. The largest absolute Gasteiger partial charge is 0.490 e. The summed E-state index contributed by atoms with van der Waals surface area (Å²) in [5.41, 5.74) is 6.84. The van der Waals surface area contributed by atoms with E-state index in [0.29, 0.717) is 0 Å². The molecule has 0 atom stereocenters. The lowest BCUT2D eigenvalue weighted by Gasteiger charge is -2.27. The number of carbonyl (C=O) groups is 1. The number of carboxylic acid groups (broad SMARTS) is 1. The molecule has 0 aliphatic carbocycles. The molecule has 0 saturated carbocycles. The fourth-order valence-electron chi connectivity index (χ4n) is 3.43. The van der Waals surface area contributed by atoms with Gasteiger partial charge in [0.2, 0.25) is 0 Å². The van der Waals surface area contributed by atoms with Crippen LogP contribution >= 0.6 is 11.6 Å². The molecule has 180 valence electrons. The number of imidazole rings is 1. The zero-order valence-electron chi connectivity index (χ0n) is 18.7. The first-order valence-electron chi connectivity index (χ1n) is 10.5. The number of benzene rings is 1. The molecule has 0 saturated heterocycles. The molecule has 3 heterocycles. The van der Waals surface area contributed by atoms with Gasteiger partial charge in [-0.3, -0.25) is 9.88 Å². The first-order valence-corrected chi connectivity index (χ1v) is 10.9. The number of aromatic amines is 1. The van der Waals surface area contributed by atoms with E-state index < -0.39 is 12.1 Å². The molecule has 3 aromatic rings. The molecule has 4 rings (SSSR count). The van der Waals surface area contributed by atoms with Crippen LogP contribution in [0.3, 0.4) is 0 Å². The Kier molecular flexibility index (Phi) is 8.11. The van der Waals surface area contributed by atoms with Gasteiger partial charge in [-0.15, -0.1) is 0 Å². The van der Waals surface area contributed by atoms with Crippen molar-refractivity contribution in [2.24, 2.45) is 0 Å². The van der Waals surface area contributed by atoms with Crippen LogP contribution < -0.4 is 0 Å². The molecule has 1 aliphatic rings. The van der Waals surface area contributed by atoms with Crippen LogP contribution in [0.5, 0.6) is 0 Å². The molecule has 1 aliphatic heterocycles. The number of rotatable bonds is 4. The van der Waals surface area contributed by atoms with Crippen molar-refractivity contribution < 1.29 is 23.1 Å². The van der Waals surface area contributed by atoms with Crippen molar-refractivity contribution in [2.45, 2.75) is 33.0 Å². The number of aliphatic carboxylic acids is 1. The minimum absolute atomic E-state index is 0.783. The molecule has 6 nitrogen and oxygen atoms in total. The van der Waals surface area contributed by atoms with Crippen LogP contribution in [0.2, 0.25) is 5.02 Å². The lowest BCUT2D eigenvalue weighted by atomic mass is 10.0. The summed E-state index contributed by atoms with van der Waals surface area (Å²) in [6, 6.07) is 12.3. The molecule has 0 unspecified atom stereocenters. The lowest BCUT2D eigenvalue weighted by Crippen LogP contribution is -2.29. The third-order valence-corrected chi connectivity index (χ3v) is 5.55. The first kappa shape index (κ1) is 25.5. The van der Waals surface area contributed by atoms with Crippen LogP contribution in [0.15, 0.2) is 48.7 Å². The van der Waals surface area contributed by atoms with E-state index in [2.05, 4.69) is 50.2 Å². The average molecular weight is 493 g/mol. The summed E-state index contributed by atoms with van der Waals surface area (Å²) in [5.74, 6) is -1.92. The van der Waals surface area contributed by atoms with Gasteiger partial charge < -0.3 is 10.1 Å². The highest BCUT2D eigenvalue weighted by Gasteiger charge is 2.38. The Morgan fingerprint density at radius 3 is 2.47 bits per heavy atom. The molecule has 2 N–H and O–H groups in total. The van der Waals surface area contributed by atoms with Gasteiger partial charge >= 0.3 is 12.1 Å². The Hall–Kier alpha value is -3.17. The SMILES string of the molecule is Cc1nc(-c2cc(C3=CCCN(Cc4ccc(Cl)cc4)C3)ccn2)[nH]c1C.O=C(O)C(F)(F)F. The monoisotopic (exact) mass is 492 g/mol. The van der Waals surface area contributed by atoms with E-state index in [0.717, 1.165) is 54.0 Å². The minimum Gasteiger partial charge on any atom is -0.475 e. The number of nitrogens with one attached hydrogen (secondary N) is 1. The number of aromatic nitrogens is 3. The molecular formula is C24H24ClF3N4O2. The van der Waals surface area contributed by atoms with Crippen LogP contribution in [-0.2, 0) is 11.3 Å². The predicted molar refractivity (Wildman–Crippen MR) is 124 cm³/mol. The highest BCUT2D eigenvalue weighted by molar-refractivity contribution is 6.30. The second kappa shape index (κ2) is 10.8. The average Bonchev–Trinajstić information content (AvgIpc) is 3.14. The number of hydrogen-bond donors (Lipinski definition) is 2. The van der Waals surface area contributed by atoms with Crippen LogP contribution in [0, 0.1) is 13.8 Å². The Balaban J connectivity index is 0.000000406. The van der Waals surface area contributed by atoms with Gasteiger partial charge in [0.15, 0.2) is 5.82 Å². The smallest absolute Gasteiger partial charge is 0.475 e. The van der Waals surface area contributed by atoms with E-state index in [4.69, 9.17) is 21.5 Å². The highest BCUT2D eigenvalue weighted by atomic mass is 35.5. The van der Waals surface area contributed by atoms with Crippen molar-refractivity contribution in [1.82, 2.24) is 19.9 Å². The minimum atomic E-state index is -5.08. The number of nitrogens with zero attached hydrogens (tertiary/aromatic N) is 3. The van der Waals surface area contributed by atoms with E-state index in [-0.39, 0.29) is 0 Å². The quantitative estimate of drug-likeness (QED) is 0.490. The van der Waals surface area contributed by atoms with Crippen LogP contribution in [0.25, 0.3) is 17.1 Å². The highest BCUT2D eigenvalue weighted by Crippen LogP contribution is 2.25. The molecule has 2 aromatic heterocycles. The molecule has 0 fully saturated rings. The number of hydrogen-bond acceptors (Lipinski definition) is 4. The predicted octanol–water partition coefficient (Wildman–Crippen LogP) is 5.66.